The molecule has 2 heterocycles. The minimum absolute atomic E-state index is 0.0835. The van der Waals surface area contributed by atoms with Gasteiger partial charge in [-0.2, -0.15) is 0 Å². The first kappa shape index (κ1) is 17.0. The molecular weight excluding hydrogens is 320 g/mol. The highest BCUT2D eigenvalue weighted by atomic mass is 16.5. The molecule has 0 spiro atoms. The second kappa shape index (κ2) is 7.83. The third kappa shape index (κ3) is 3.99. The van der Waals surface area contributed by atoms with Crippen LogP contribution in [0.15, 0.2) is 36.7 Å². The Bertz CT molecular complexity index is 716. The molecule has 1 aliphatic rings. The SMILES string of the molecule is COc1ccc(OC)c(CC(=O)N2CCN(c3ncccn3)CC2)c1. The standard InChI is InChI=1S/C18H22N4O3/c1-24-15-4-5-16(25-2)14(12-15)13-17(23)21-8-10-22(11-9-21)18-19-6-3-7-20-18/h3-7,12H,8-11,13H2,1-2H3. The summed E-state index contributed by atoms with van der Waals surface area (Å²) in [6, 6.07) is 7.30. The number of amides is 1. The van der Waals surface area contributed by atoms with Crippen LogP contribution in [0.4, 0.5) is 5.95 Å². The summed E-state index contributed by atoms with van der Waals surface area (Å²) < 4.78 is 10.6. The lowest BCUT2D eigenvalue weighted by atomic mass is 10.1. The molecule has 0 atom stereocenters. The number of carbonyl (C=O) groups is 1. The summed E-state index contributed by atoms with van der Waals surface area (Å²) in [5.74, 6) is 2.21. The van der Waals surface area contributed by atoms with Crippen LogP contribution in [0.2, 0.25) is 0 Å². The maximum Gasteiger partial charge on any atom is 0.227 e. The van der Waals surface area contributed by atoms with Gasteiger partial charge in [-0.15, -0.1) is 0 Å². The Balaban J connectivity index is 1.62. The molecule has 2 aromatic rings. The Hall–Kier alpha value is -2.83. The van der Waals surface area contributed by atoms with E-state index in [0.717, 1.165) is 24.4 Å². The van der Waals surface area contributed by atoms with E-state index in [1.165, 1.54) is 0 Å². The van der Waals surface area contributed by atoms with Crippen LogP contribution in [-0.2, 0) is 11.2 Å². The molecule has 1 aliphatic heterocycles. The van der Waals surface area contributed by atoms with E-state index in [1.54, 1.807) is 32.7 Å². The molecule has 7 nitrogen and oxygen atoms in total. The third-order valence-electron chi connectivity index (χ3n) is 4.30. The quantitative estimate of drug-likeness (QED) is 0.818. The van der Waals surface area contributed by atoms with Crippen molar-refractivity contribution in [3.63, 3.8) is 0 Å². The zero-order chi connectivity index (χ0) is 17.6. The van der Waals surface area contributed by atoms with Crippen LogP contribution in [0, 0.1) is 0 Å². The van der Waals surface area contributed by atoms with E-state index in [2.05, 4.69) is 14.9 Å². The summed E-state index contributed by atoms with van der Waals surface area (Å²) in [7, 11) is 3.21. The van der Waals surface area contributed by atoms with E-state index in [0.29, 0.717) is 31.2 Å². The topological polar surface area (TPSA) is 67.8 Å². The van der Waals surface area contributed by atoms with E-state index in [4.69, 9.17) is 9.47 Å². The molecule has 0 radical (unpaired) electrons. The van der Waals surface area contributed by atoms with Crippen molar-refractivity contribution >= 4 is 11.9 Å². The summed E-state index contributed by atoms with van der Waals surface area (Å²) in [5.41, 5.74) is 0.834. The van der Waals surface area contributed by atoms with Gasteiger partial charge in [0.15, 0.2) is 0 Å². The van der Waals surface area contributed by atoms with Gasteiger partial charge in [0, 0.05) is 44.1 Å². The van der Waals surface area contributed by atoms with Crippen LogP contribution < -0.4 is 14.4 Å². The first-order valence-electron chi connectivity index (χ1n) is 8.22. The van der Waals surface area contributed by atoms with Crippen LogP contribution in [0.1, 0.15) is 5.56 Å². The molecule has 0 aliphatic carbocycles. The summed E-state index contributed by atoms with van der Waals surface area (Å²) in [6.45, 7) is 2.77. The second-order valence-electron chi connectivity index (χ2n) is 5.77. The van der Waals surface area contributed by atoms with Crippen molar-refractivity contribution in [1.82, 2.24) is 14.9 Å². The molecule has 0 saturated carbocycles. The van der Waals surface area contributed by atoms with Crippen molar-refractivity contribution in [1.29, 1.82) is 0 Å². The number of carbonyl (C=O) groups excluding carboxylic acids is 1. The fourth-order valence-electron chi connectivity index (χ4n) is 2.91. The zero-order valence-corrected chi connectivity index (χ0v) is 14.5. The number of methoxy groups -OCH3 is 2. The van der Waals surface area contributed by atoms with Gasteiger partial charge in [0.05, 0.1) is 20.6 Å². The normalized spacial score (nSPS) is 14.3. The number of anilines is 1. The average molecular weight is 342 g/mol. The molecule has 3 rings (SSSR count). The molecule has 25 heavy (non-hydrogen) atoms. The molecule has 0 N–H and O–H groups in total. The van der Waals surface area contributed by atoms with Crippen molar-refractivity contribution in [2.75, 3.05) is 45.3 Å². The van der Waals surface area contributed by atoms with Crippen LogP contribution in [0.3, 0.4) is 0 Å². The van der Waals surface area contributed by atoms with Crippen molar-refractivity contribution in [2.24, 2.45) is 0 Å². The highest BCUT2D eigenvalue weighted by Crippen LogP contribution is 2.25. The van der Waals surface area contributed by atoms with Crippen LogP contribution in [0.5, 0.6) is 11.5 Å². The highest BCUT2D eigenvalue weighted by molar-refractivity contribution is 5.80. The lowest BCUT2D eigenvalue weighted by molar-refractivity contribution is -0.130. The van der Waals surface area contributed by atoms with Crippen molar-refractivity contribution in [3.05, 3.63) is 42.2 Å². The minimum atomic E-state index is 0.0835. The predicted molar refractivity (Wildman–Crippen MR) is 94.1 cm³/mol. The number of benzene rings is 1. The van der Waals surface area contributed by atoms with E-state index in [-0.39, 0.29) is 5.91 Å². The number of aromatic nitrogens is 2. The first-order chi connectivity index (χ1) is 12.2. The molecule has 0 unspecified atom stereocenters. The zero-order valence-electron chi connectivity index (χ0n) is 14.5. The Morgan fingerprint density at radius 3 is 2.44 bits per heavy atom. The van der Waals surface area contributed by atoms with Crippen LogP contribution in [0.25, 0.3) is 0 Å². The largest absolute Gasteiger partial charge is 0.497 e. The number of nitrogens with zero attached hydrogens (tertiary/aromatic N) is 4. The minimum Gasteiger partial charge on any atom is -0.497 e. The lowest BCUT2D eigenvalue weighted by Gasteiger charge is -2.34. The molecule has 1 aromatic carbocycles. The molecule has 1 saturated heterocycles. The van der Waals surface area contributed by atoms with Gasteiger partial charge < -0.3 is 19.3 Å². The second-order valence-corrected chi connectivity index (χ2v) is 5.77. The maximum atomic E-state index is 12.7. The summed E-state index contributed by atoms with van der Waals surface area (Å²) in [4.78, 5) is 25.2. The summed E-state index contributed by atoms with van der Waals surface area (Å²) >= 11 is 0. The fourth-order valence-corrected chi connectivity index (χ4v) is 2.91. The molecular formula is C18H22N4O3. The Morgan fingerprint density at radius 2 is 1.80 bits per heavy atom. The molecule has 1 aromatic heterocycles. The van der Waals surface area contributed by atoms with Gasteiger partial charge in [-0.25, -0.2) is 9.97 Å². The number of piperazine rings is 1. The third-order valence-corrected chi connectivity index (χ3v) is 4.30. The van der Waals surface area contributed by atoms with E-state index < -0.39 is 0 Å². The van der Waals surface area contributed by atoms with E-state index >= 15 is 0 Å². The maximum absolute atomic E-state index is 12.7. The number of rotatable bonds is 5. The van der Waals surface area contributed by atoms with Gasteiger partial charge in [-0.3, -0.25) is 4.79 Å². The van der Waals surface area contributed by atoms with E-state index in [1.807, 2.05) is 23.1 Å². The predicted octanol–water partition coefficient (Wildman–Crippen LogP) is 1.39. The van der Waals surface area contributed by atoms with Gasteiger partial charge in [0.1, 0.15) is 11.5 Å². The van der Waals surface area contributed by atoms with Gasteiger partial charge in [-0.05, 0) is 24.3 Å². The van der Waals surface area contributed by atoms with Gasteiger partial charge >= 0.3 is 0 Å². The molecule has 1 amide bonds. The average Bonchev–Trinajstić information content (AvgIpc) is 2.68. The Morgan fingerprint density at radius 1 is 1.08 bits per heavy atom. The smallest absolute Gasteiger partial charge is 0.227 e. The van der Waals surface area contributed by atoms with Crippen molar-refractivity contribution < 1.29 is 14.3 Å². The number of hydrogen-bond acceptors (Lipinski definition) is 6. The first-order valence-corrected chi connectivity index (χ1v) is 8.22. The van der Waals surface area contributed by atoms with Crippen molar-refractivity contribution in [2.45, 2.75) is 6.42 Å². The molecule has 1 fully saturated rings. The monoisotopic (exact) mass is 342 g/mol. The Kier molecular flexibility index (Phi) is 5.33. The summed E-state index contributed by atoms with van der Waals surface area (Å²) in [5, 5.41) is 0. The number of hydrogen-bond donors (Lipinski definition) is 0. The molecule has 7 heteroatoms. The fraction of sp³-hybridized carbons (Fsp3) is 0.389. The van der Waals surface area contributed by atoms with Gasteiger partial charge in [0.2, 0.25) is 11.9 Å². The summed E-state index contributed by atoms with van der Waals surface area (Å²) in [6.07, 6.45) is 3.76. The number of ether oxygens (including phenoxy) is 2. The van der Waals surface area contributed by atoms with Crippen LogP contribution >= 0.6 is 0 Å². The van der Waals surface area contributed by atoms with Gasteiger partial charge in [0.25, 0.3) is 0 Å². The van der Waals surface area contributed by atoms with Crippen molar-refractivity contribution in [3.8, 4) is 11.5 Å². The highest BCUT2D eigenvalue weighted by Gasteiger charge is 2.23. The van der Waals surface area contributed by atoms with Crippen LogP contribution in [-0.4, -0.2) is 61.2 Å². The Labute approximate surface area is 147 Å². The molecule has 0 bridgehead atoms. The lowest BCUT2D eigenvalue weighted by Crippen LogP contribution is -2.49. The van der Waals surface area contributed by atoms with Gasteiger partial charge in [-0.1, -0.05) is 0 Å². The van der Waals surface area contributed by atoms with E-state index in [9.17, 15) is 4.79 Å². The molecule has 132 valence electrons.